The van der Waals surface area contributed by atoms with Gasteiger partial charge in [0.2, 0.25) is 0 Å². The van der Waals surface area contributed by atoms with Crippen LogP contribution in [-0.2, 0) is 0 Å². The molecular formula is C7H11N3O. The van der Waals surface area contributed by atoms with Gasteiger partial charge in [0.1, 0.15) is 11.4 Å². The van der Waals surface area contributed by atoms with E-state index in [2.05, 4.69) is 10.4 Å². The maximum atomic E-state index is 5.25. The largest absolute Gasteiger partial charge is 0.492 e. The molecule has 0 aliphatic heterocycles. The van der Waals surface area contributed by atoms with Crippen LogP contribution in [0, 0.1) is 0 Å². The zero-order chi connectivity index (χ0) is 8.10. The van der Waals surface area contributed by atoms with Crippen LogP contribution in [-0.4, -0.2) is 11.6 Å². The van der Waals surface area contributed by atoms with E-state index in [9.17, 15) is 0 Å². The Morgan fingerprint density at radius 2 is 2.55 bits per heavy atom. The topological polar surface area (TPSA) is 60.2 Å². The number of rotatable bonds is 3. The van der Waals surface area contributed by atoms with E-state index in [1.807, 2.05) is 6.92 Å². The maximum absolute atomic E-state index is 5.25. The molecule has 0 aliphatic rings. The molecule has 0 fully saturated rings. The van der Waals surface area contributed by atoms with Gasteiger partial charge in [0.25, 0.3) is 0 Å². The van der Waals surface area contributed by atoms with Gasteiger partial charge in [-0.25, -0.2) is 0 Å². The third-order valence-electron chi connectivity index (χ3n) is 1.24. The molecule has 1 aromatic heterocycles. The number of ether oxygens (including phenoxy) is 1. The standard InChI is InChI=1S/C7H11N3O/c1-2-11-7-3-4-9-5-6(7)10-8/h3-5,10H,2,8H2,1H3. The highest BCUT2D eigenvalue weighted by Gasteiger charge is 1.98. The van der Waals surface area contributed by atoms with Crippen molar-refractivity contribution >= 4 is 5.69 Å². The van der Waals surface area contributed by atoms with Crippen LogP contribution in [0.4, 0.5) is 5.69 Å². The van der Waals surface area contributed by atoms with Gasteiger partial charge < -0.3 is 10.2 Å². The summed E-state index contributed by atoms with van der Waals surface area (Å²) >= 11 is 0. The summed E-state index contributed by atoms with van der Waals surface area (Å²) in [4.78, 5) is 3.88. The molecule has 0 aromatic carbocycles. The van der Waals surface area contributed by atoms with Crippen molar-refractivity contribution in [3.63, 3.8) is 0 Å². The van der Waals surface area contributed by atoms with Crippen molar-refractivity contribution in [3.8, 4) is 5.75 Å². The molecule has 1 heterocycles. The first-order valence-electron chi connectivity index (χ1n) is 3.42. The molecule has 4 nitrogen and oxygen atoms in total. The normalized spacial score (nSPS) is 9.27. The highest BCUT2D eigenvalue weighted by molar-refractivity contribution is 5.52. The second-order valence-electron chi connectivity index (χ2n) is 1.95. The molecule has 0 saturated heterocycles. The van der Waals surface area contributed by atoms with Crippen LogP contribution < -0.4 is 16.0 Å². The SMILES string of the molecule is CCOc1ccncc1NN. The molecule has 4 heteroatoms. The van der Waals surface area contributed by atoms with Crippen molar-refractivity contribution in [2.75, 3.05) is 12.0 Å². The van der Waals surface area contributed by atoms with Crippen LogP contribution in [0.25, 0.3) is 0 Å². The van der Waals surface area contributed by atoms with Crippen molar-refractivity contribution in [1.82, 2.24) is 4.98 Å². The monoisotopic (exact) mass is 153 g/mol. The number of hydrogen-bond donors (Lipinski definition) is 2. The molecule has 0 spiro atoms. The first-order chi connectivity index (χ1) is 5.38. The second kappa shape index (κ2) is 3.78. The van der Waals surface area contributed by atoms with E-state index in [0.29, 0.717) is 12.3 Å². The summed E-state index contributed by atoms with van der Waals surface area (Å²) in [6.07, 6.45) is 3.27. The Labute approximate surface area is 65.4 Å². The van der Waals surface area contributed by atoms with Crippen LogP contribution in [0.15, 0.2) is 18.5 Å². The average Bonchev–Trinajstić information content (AvgIpc) is 2.06. The quantitative estimate of drug-likeness (QED) is 0.497. The highest BCUT2D eigenvalue weighted by Crippen LogP contribution is 2.20. The number of hydrogen-bond acceptors (Lipinski definition) is 4. The zero-order valence-electron chi connectivity index (χ0n) is 6.37. The Morgan fingerprint density at radius 1 is 1.73 bits per heavy atom. The van der Waals surface area contributed by atoms with Gasteiger partial charge in [0.15, 0.2) is 0 Å². The minimum Gasteiger partial charge on any atom is -0.492 e. The number of nitrogens with two attached hydrogens (primary N) is 1. The summed E-state index contributed by atoms with van der Waals surface area (Å²) in [6, 6.07) is 1.76. The van der Waals surface area contributed by atoms with E-state index < -0.39 is 0 Å². The number of nitrogens with one attached hydrogen (secondary N) is 1. The van der Waals surface area contributed by atoms with Gasteiger partial charge in [-0.1, -0.05) is 0 Å². The Bertz CT molecular complexity index is 227. The molecule has 0 amide bonds. The second-order valence-corrected chi connectivity index (χ2v) is 1.95. The lowest BCUT2D eigenvalue weighted by Crippen LogP contribution is -2.08. The van der Waals surface area contributed by atoms with E-state index in [0.717, 1.165) is 5.75 Å². The molecule has 1 rings (SSSR count). The number of anilines is 1. The van der Waals surface area contributed by atoms with Crippen molar-refractivity contribution in [2.24, 2.45) is 5.84 Å². The van der Waals surface area contributed by atoms with Gasteiger partial charge in [0.05, 0.1) is 12.8 Å². The van der Waals surface area contributed by atoms with Gasteiger partial charge in [-0.15, -0.1) is 0 Å². The minimum atomic E-state index is 0.624. The first-order valence-corrected chi connectivity index (χ1v) is 3.42. The van der Waals surface area contributed by atoms with Crippen molar-refractivity contribution < 1.29 is 4.74 Å². The van der Waals surface area contributed by atoms with Crippen LogP contribution in [0.3, 0.4) is 0 Å². The smallest absolute Gasteiger partial charge is 0.146 e. The number of hydrazine groups is 1. The summed E-state index contributed by atoms with van der Waals surface area (Å²) in [5.74, 6) is 5.94. The van der Waals surface area contributed by atoms with E-state index in [4.69, 9.17) is 10.6 Å². The molecule has 0 aliphatic carbocycles. The maximum Gasteiger partial charge on any atom is 0.146 e. The average molecular weight is 153 g/mol. The van der Waals surface area contributed by atoms with E-state index in [-0.39, 0.29) is 0 Å². The van der Waals surface area contributed by atoms with Crippen molar-refractivity contribution in [3.05, 3.63) is 18.5 Å². The van der Waals surface area contributed by atoms with Crippen LogP contribution in [0.1, 0.15) is 6.92 Å². The Kier molecular flexibility index (Phi) is 2.68. The van der Waals surface area contributed by atoms with Gasteiger partial charge in [-0.2, -0.15) is 0 Å². The van der Waals surface area contributed by atoms with Gasteiger partial charge in [0, 0.05) is 12.3 Å². The lowest BCUT2D eigenvalue weighted by molar-refractivity contribution is 0.341. The summed E-state index contributed by atoms with van der Waals surface area (Å²) in [5, 5.41) is 0. The van der Waals surface area contributed by atoms with E-state index in [1.165, 1.54) is 0 Å². The van der Waals surface area contributed by atoms with Gasteiger partial charge in [-0.3, -0.25) is 10.8 Å². The fourth-order valence-electron chi connectivity index (χ4n) is 0.771. The number of nitrogens with zero attached hydrogens (tertiary/aromatic N) is 1. The lowest BCUT2D eigenvalue weighted by Gasteiger charge is -2.07. The van der Waals surface area contributed by atoms with Crippen molar-refractivity contribution in [1.29, 1.82) is 0 Å². The number of nitrogen functional groups attached to an aromatic ring is 1. The molecule has 3 N–H and O–H groups in total. The van der Waals surface area contributed by atoms with Gasteiger partial charge in [-0.05, 0) is 6.92 Å². The molecule has 1 aromatic rings. The number of pyridine rings is 1. The summed E-state index contributed by atoms with van der Waals surface area (Å²) in [6.45, 7) is 2.54. The highest BCUT2D eigenvalue weighted by atomic mass is 16.5. The molecule has 0 radical (unpaired) electrons. The predicted molar refractivity (Wildman–Crippen MR) is 43.2 cm³/mol. The van der Waals surface area contributed by atoms with Crippen LogP contribution >= 0.6 is 0 Å². The van der Waals surface area contributed by atoms with Crippen molar-refractivity contribution in [2.45, 2.75) is 6.92 Å². The first kappa shape index (κ1) is 7.81. The summed E-state index contributed by atoms with van der Waals surface area (Å²) in [7, 11) is 0. The van der Waals surface area contributed by atoms with E-state index in [1.54, 1.807) is 18.5 Å². The third-order valence-corrected chi connectivity index (χ3v) is 1.24. The Balaban J connectivity index is 2.83. The lowest BCUT2D eigenvalue weighted by atomic mass is 10.4. The number of aromatic nitrogens is 1. The minimum absolute atomic E-state index is 0.624. The van der Waals surface area contributed by atoms with Crippen LogP contribution in [0.2, 0.25) is 0 Å². The van der Waals surface area contributed by atoms with E-state index >= 15 is 0 Å². The molecule has 11 heavy (non-hydrogen) atoms. The van der Waals surface area contributed by atoms with Crippen LogP contribution in [0.5, 0.6) is 5.75 Å². The Morgan fingerprint density at radius 3 is 3.18 bits per heavy atom. The fourth-order valence-corrected chi connectivity index (χ4v) is 0.771. The summed E-state index contributed by atoms with van der Waals surface area (Å²) < 4.78 is 5.25. The Hall–Kier alpha value is -1.29. The molecule has 0 saturated carbocycles. The molecule has 0 atom stereocenters. The fraction of sp³-hybridized carbons (Fsp3) is 0.286. The molecule has 0 unspecified atom stereocenters. The van der Waals surface area contributed by atoms with Gasteiger partial charge >= 0.3 is 0 Å². The predicted octanol–water partition coefficient (Wildman–Crippen LogP) is 0.766. The summed E-state index contributed by atoms with van der Waals surface area (Å²) in [5.41, 5.74) is 3.20. The zero-order valence-corrected chi connectivity index (χ0v) is 6.37. The third kappa shape index (κ3) is 1.81. The molecule has 0 bridgehead atoms. The molecular weight excluding hydrogens is 142 g/mol. The molecule has 60 valence electrons.